The summed E-state index contributed by atoms with van der Waals surface area (Å²) < 4.78 is 18.2. The molecule has 0 heterocycles. The van der Waals surface area contributed by atoms with E-state index in [9.17, 15) is 9.18 Å². The molecule has 0 unspecified atom stereocenters. The van der Waals surface area contributed by atoms with Crippen molar-refractivity contribution in [1.29, 1.82) is 0 Å². The molecule has 0 saturated heterocycles. The first-order chi connectivity index (χ1) is 9.01. The molecule has 0 N–H and O–H groups in total. The minimum Gasteiger partial charge on any atom is -0.494 e. The van der Waals surface area contributed by atoms with Gasteiger partial charge in [0, 0.05) is 24.0 Å². The molecule has 0 aliphatic rings. The zero-order valence-corrected chi connectivity index (χ0v) is 12.2. The predicted octanol–water partition coefficient (Wildman–Crippen LogP) is 3.31. The van der Waals surface area contributed by atoms with E-state index < -0.39 is 5.82 Å². The van der Waals surface area contributed by atoms with Gasteiger partial charge in [-0.15, -0.1) is 11.6 Å². The van der Waals surface area contributed by atoms with Gasteiger partial charge in [-0.05, 0) is 38.5 Å². The smallest absolute Gasteiger partial charge is 0.254 e. The van der Waals surface area contributed by atoms with Crippen LogP contribution in [0.1, 0.15) is 30.6 Å². The van der Waals surface area contributed by atoms with Crippen LogP contribution in [0, 0.1) is 5.82 Å². The minimum atomic E-state index is -0.476. The Bertz CT molecular complexity index is 437. The van der Waals surface area contributed by atoms with Gasteiger partial charge in [0.15, 0.2) is 11.6 Å². The van der Waals surface area contributed by atoms with E-state index in [4.69, 9.17) is 16.3 Å². The molecule has 0 aliphatic heterocycles. The number of amides is 1. The maximum atomic E-state index is 13.3. The maximum Gasteiger partial charge on any atom is 0.254 e. The van der Waals surface area contributed by atoms with Gasteiger partial charge in [-0.2, -0.15) is 0 Å². The van der Waals surface area contributed by atoms with E-state index in [1.54, 1.807) is 4.90 Å². The SMILES string of the molecule is COc1cc(C(=O)N(CCCCl)C(C)C)ccc1F. The van der Waals surface area contributed by atoms with Crippen LogP contribution >= 0.6 is 11.6 Å². The number of nitrogens with zero attached hydrogens (tertiary/aromatic N) is 1. The highest BCUT2D eigenvalue weighted by Gasteiger charge is 2.19. The van der Waals surface area contributed by atoms with E-state index in [0.717, 1.165) is 6.42 Å². The van der Waals surface area contributed by atoms with Crippen LogP contribution in [0.4, 0.5) is 4.39 Å². The fourth-order valence-corrected chi connectivity index (χ4v) is 1.90. The summed E-state index contributed by atoms with van der Waals surface area (Å²) in [7, 11) is 1.38. The highest BCUT2D eigenvalue weighted by molar-refractivity contribution is 6.17. The standard InChI is InChI=1S/C14H19ClFNO2/c1-10(2)17(8-4-7-15)14(18)11-5-6-12(16)13(9-11)19-3/h5-6,9-10H,4,7-8H2,1-3H3. The molecule has 0 atom stereocenters. The maximum absolute atomic E-state index is 13.3. The van der Waals surface area contributed by atoms with Crippen molar-refractivity contribution in [2.75, 3.05) is 19.5 Å². The summed E-state index contributed by atoms with van der Waals surface area (Å²) in [5, 5.41) is 0. The van der Waals surface area contributed by atoms with Gasteiger partial charge >= 0.3 is 0 Å². The molecule has 1 amide bonds. The number of methoxy groups -OCH3 is 1. The normalized spacial score (nSPS) is 10.6. The Balaban J connectivity index is 2.95. The number of halogens is 2. The molecule has 1 aromatic carbocycles. The van der Waals surface area contributed by atoms with Gasteiger partial charge in [-0.1, -0.05) is 0 Å². The van der Waals surface area contributed by atoms with Crippen LogP contribution in [-0.2, 0) is 0 Å². The van der Waals surface area contributed by atoms with Crippen molar-refractivity contribution in [2.24, 2.45) is 0 Å². The third kappa shape index (κ3) is 4.10. The summed E-state index contributed by atoms with van der Waals surface area (Å²) in [5.74, 6) is -0.0373. The molecule has 0 radical (unpaired) electrons. The third-order valence-electron chi connectivity index (χ3n) is 2.81. The molecular weight excluding hydrogens is 269 g/mol. The van der Waals surface area contributed by atoms with Crippen LogP contribution in [0.2, 0.25) is 0 Å². The molecule has 1 rings (SSSR count). The van der Waals surface area contributed by atoms with E-state index in [1.807, 2.05) is 13.8 Å². The van der Waals surface area contributed by atoms with Crippen molar-refractivity contribution in [3.8, 4) is 5.75 Å². The van der Waals surface area contributed by atoms with Gasteiger partial charge in [-0.25, -0.2) is 4.39 Å². The molecule has 0 bridgehead atoms. The van der Waals surface area contributed by atoms with Crippen LogP contribution in [0.25, 0.3) is 0 Å². The summed E-state index contributed by atoms with van der Waals surface area (Å²) in [5.41, 5.74) is 0.418. The molecular formula is C14H19ClFNO2. The van der Waals surface area contributed by atoms with Gasteiger partial charge in [0.1, 0.15) is 0 Å². The topological polar surface area (TPSA) is 29.5 Å². The molecule has 0 aromatic heterocycles. The second kappa shape index (κ2) is 7.34. The Morgan fingerprint density at radius 3 is 2.68 bits per heavy atom. The molecule has 0 spiro atoms. The second-order valence-electron chi connectivity index (χ2n) is 4.48. The van der Waals surface area contributed by atoms with E-state index in [2.05, 4.69) is 0 Å². The number of alkyl halides is 1. The van der Waals surface area contributed by atoms with E-state index in [-0.39, 0.29) is 17.7 Å². The van der Waals surface area contributed by atoms with Crippen LogP contribution in [0.15, 0.2) is 18.2 Å². The van der Waals surface area contributed by atoms with E-state index in [0.29, 0.717) is 18.0 Å². The number of carbonyl (C=O) groups excluding carboxylic acids is 1. The first-order valence-corrected chi connectivity index (χ1v) is 6.75. The lowest BCUT2D eigenvalue weighted by atomic mass is 10.1. The van der Waals surface area contributed by atoms with Crippen LogP contribution in [-0.4, -0.2) is 36.4 Å². The molecule has 1 aromatic rings. The molecule has 3 nitrogen and oxygen atoms in total. The van der Waals surface area contributed by atoms with Crippen LogP contribution in [0.3, 0.4) is 0 Å². The number of ether oxygens (including phenoxy) is 1. The fourth-order valence-electron chi connectivity index (χ4n) is 1.78. The highest BCUT2D eigenvalue weighted by Crippen LogP contribution is 2.20. The fraction of sp³-hybridized carbons (Fsp3) is 0.500. The molecule has 0 aliphatic carbocycles. The van der Waals surface area contributed by atoms with Gasteiger partial charge < -0.3 is 9.64 Å². The minimum absolute atomic E-state index is 0.0618. The molecule has 0 fully saturated rings. The summed E-state index contributed by atoms with van der Waals surface area (Å²) in [6.45, 7) is 4.46. The lowest BCUT2D eigenvalue weighted by molar-refractivity contribution is 0.0706. The van der Waals surface area contributed by atoms with Crippen molar-refractivity contribution in [3.05, 3.63) is 29.6 Å². The number of carbonyl (C=O) groups is 1. The number of rotatable bonds is 6. The van der Waals surface area contributed by atoms with Gasteiger partial charge in [0.25, 0.3) is 5.91 Å². The highest BCUT2D eigenvalue weighted by atomic mass is 35.5. The lowest BCUT2D eigenvalue weighted by Crippen LogP contribution is -2.37. The number of hydrogen-bond donors (Lipinski definition) is 0. The van der Waals surface area contributed by atoms with Crippen molar-refractivity contribution >= 4 is 17.5 Å². The quantitative estimate of drug-likeness (QED) is 0.751. The Kier molecular flexibility index (Phi) is 6.09. The summed E-state index contributed by atoms with van der Waals surface area (Å²) in [6, 6.07) is 4.20. The first kappa shape index (κ1) is 15.8. The Morgan fingerprint density at radius 2 is 2.16 bits per heavy atom. The average Bonchev–Trinajstić information content (AvgIpc) is 2.39. The largest absolute Gasteiger partial charge is 0.494 e. The number of hydrogen-bond acceptors (Lipinski definition) is 2. The molecule has 106 valence electrons. The van der Waals surface area contributed by atoms with Crippen LogP contribution in [0.5, 0.6) is 5.75 Å². The summed E-state index contributed by atoms with van der Waals surface area (Å²) in [6.07, 6.45) is 0.726. The van der Waals surface area contributed by atoms with Crippen molar-refractivity contribution in [3.63, 3.8) is 0 Å². The Morgan fingerprint density at radius 1 is 1.47 bits per heavy atom. The van der Waals surface area contributed by atoms with Gasteiger partial charge in [0.05, 0.1) is 7.11 Å². The monoisotopic (exact) mass is 287 g/mol. The second-order valence-corrected chi connectivity index (χ2v) is 4.86. The zero-order valence-electron chi connectivity index (χ0n) is 11.5. The van der Waals surface area contributed by atoms with Crippen LogP contribution < -0.4 is 4.74 Å². The van der Waals surface area contributed by atoms with Gasteiger partial charge in [0.2, 0.25) is 0 Å². The van der Waals surface area contributed by atoms with Crippen molar-refractivity contribution < 1.29 is 13.9 Å². The predicted molar refractivity (Wildman–Crippen MR) is 74.5 cm³/mol. The van der Waals surface area contributed by atoms with E-state index in [1.165, 1.54) is 25.3 Å². The van der Waals surface area contributed by atoms with Gasteiger partial charge in [-0.3, -0.25) is 4.79 Å². The van der Waals surface area contributed by atoms with Crippen molar-refractivity contribution in [1.82, 2.24) is 4.90 Å². The Labute approximate surface area is 118 Å². The molecule has 0 saturated carbocycles. The molecule has 5 heteroatoms. The van der Waals surface area contributed by atoms with Crippen molar-refractivity contribution in [2.45, 2.75) is 26.3 Å². The number of benzene rings is 1. The lowest BCUT2D eigenvalue weighted by Gasteiger charge is -2.26. The third-order valence-corrected chi connectivity index (χ3v) is 3.08. The summed E-state index contributed by atoms with van der Waals surface area (Å²) >= 11 is 5.66. The summed E-state index contributed by atoms with van der Waals surface area (Å²) in [4.78, 5) is 14.1. The molecule has 19 heavy (non-hydrogen) atoms. The van der Waals surface area contributed by atoms with E-state index >= 15 is 0 Å². The Hall–Kier alpha value is -1.29. The zero-order chi connectivity index (χ0) is 14.4. The average molecular weight is 288 g/mol. The first-order valence-electron chi connectivity index (χ1n) is 6.21.